The monoisotopic (exact) mass is 632 g/mol. The summed E-state index contributed by atoms with van der Waals surface area (Å²) in [6.07, 6.45) is -9.64. The molecule has 3 amide bonds. The number of rotatable bonds is 9. The summed E-state index contributed by atoms with van der Waals surface area (Å²) in [6, 6.07) is 7.21. The number of hydrogen-bond donors (Lipinski definition) is 3. The Labute approximate surface area is 244 Å². The van der Waals surface area contributed by atoms with Crippen LogP contribution in [0.25, 0.3) is 17.6 Å². The van der Waals surface area contributed by atoms with Crippen LogP contribution in [-0.4, -0.2) is 43.8 Å². The fourth-order valence-electron chi connectivity index (χ4n) is 3.69. The highest BCUT2D eigenvalue weighted by atomic mass is 35.5. The molecule has 0 saturated carbocycles. The molecule has 1 heterocycles. The molecule has 0 bridgehead atoms. The Morgan fingerprint density at radius 3 is 2.19 bits per heavy atom. The average Bonchev–Trinajstić information content (AvgIpc) is 3.19. The second kappa shape index (κ2) is 12.3. The zero-order valence-electron chi connectivity index (χ0n) is 22.3. The van der Waals surface area contributed by atoms with Crippen molar-refractivity contribution in [3.8, 4) is 11.4 Å². The normalized spacial score (nSPS) is 13.1. The maximum absolute atomic E-state index is 13.8. The second-order valence-corrected chi connectivity index (χ2v) is 10.00. The Balaban J connectivity index is 2.04. The van der Waals surface area contributed by atoms with Gasteiger partial charge in [0.15, 0.2) is 5.82 Å². The standard InChI is InChI=1S/C26H23ClF6N6O4/c1-24(2,22(34)42)36-21(41)19(16-5-3-4-6-17(16)26(31,32)33)35-18(40)13-39-23(43)38(12-11-25(28,29)30)20(37-39)14-7-9-15(27)10-8-14/h3-12,19H,13H2,1-2H3,(H2,34,42)(H,35,40)(H,36,41). The van der Waals surface area contributed by atoms with Crippen molar-refractivity contribution < 1.29 is 40.7 Å². The number of alkyl halides is 6. The number of amides is 3. The van der Waals surface area contributed by atoms with Gasteiger partial charge >= 0.3 is 18.0 Å². The summed E-state index contributed by atoms with van der Waals surface area (Å²) in [5.74, 6) is -3.83. The van der Waals surface area contributed by atoms with Gasteiger partial charge in [0, 0.05) is 22.9 Å². The number of aromatic nitrogens is 3. The molecule has 4 N–H and O–H groups in total. The highest BCUT2D eigenvalue weighted by Crippen LogP contribution is 2.35. The number of primary amides is 1. The lowest BCUT2D eigenvalue weighted by atomic mass is 9.97. The Hall–Kier alpha value is -4.60. The zero-order chi connectivity index (χ0) is 32.3. The van der Waals surface area contributed by atoms with E-state index in [0.29, 0.717) is 21.5 Å². The predicted molar refractivity (Wildman–Crippen MR) is 142 cm³/mol. The minimum Gasteiger partial charge on any atom is -0.368 e. The van der Waals surface area contributed by atoms with Crippen LogP contribution in [0.2, 0.25) is 5.02 Å². The van der Waals surface area contributed by atoms with Gasteiger partial charge in [-0.1, -0.05) is 29.8 Å². The lowest BCUT2D eigenvalue weighted by Gasteiger charge is -2.27. The van der Waals surface area contributed by atoms with E-state index in [-0.39, 0.29) is 22.5 Å². The van der Waals surface area contributed by atoms with E-state index in [2.05, 4.69) is 15.7 Å². The summed E-state index contributed by atoms with van der Waals surface area (Å²) in [4.78, 5) is 50.9. The van der Waals surface area contributed by atoms with Crippen LogP contribution in [0.1, 0.15) is 31.0 Å². The van der Waals surface area contributed by atoms with E-state index in [1.54, 1.807) is 0 Å². The quantitative estimate of drug-likeness (QED) is 0.309. The summed E-state index contributed by atoms with van der Waals surface area (Å²) in [6.45, 7) is 1.34. The van der Waals surface area contributed by atoms with E-state index in [1.165, 1.54) is 44.2 Å². The minimum atomic E-state index is -4.97. The summed E-state index contributed by atoms with van der Waals surface area (Å²) >= 11 is 5.85. The van der Waals surface area contributed by atoms with Crippen LogP contribution in [-0.2, 0) is 27.1 Å². The van der Waals surface area contributed by atoms with Crippen LogP contribution in [0.15, 0.2) is 59.4 Å². The van der Waals surface area contributed by atoms with E-state index in [4.69, 9.17) is 17.3 Å². The molecule has 0 aliphatic rings. The van der Waals surface area contributed by atoms with E-state index < -0.39 is 65.0 Å². The van der Waals surface area contributed by atoms with Crippen LogP contribution < -0.4 is 22.1 Å². The Kier molecular flexibility index (Phi) is 9.43. The van der Waals surface area contributed by atoms with Gasteiger partial charge in [-0.15, -0.1) is 5.10 Å². The topological polar surface area (TPSA) is 141 Å². The maximum Gasteiger partial charge on any atom is 0.416 e. The molecule has 3 rings (SSSR count). The van der Waals surface area contributed by atoms with Gasteiger partial charge in [-0.05, 0) is 49.7 Å². The Morgan fingerprint density at radius 2 is 1.63 bits per heavy atom. The first-order valence-corrected chi connectivity index (χ1v) is 12.5. The lowest BCUT2D eigenvalue weighted by molar-refractivity contribution is -0.140. The summed E-state index contributed by atoms with van der Waals surface area (Å²) in [5.41, 5.74) is 0.439. The Bertz CT molecular complexity index is 1610. The molecule has 43 heavy (non-hydrogen) atoms. The van der Waals surface area contributed by atoms with E-state index in [0.717, 1.165) is 12.1 Å². The number of halogens is 7. The average molecular weight is 633 g/mol. The third-order valence-corrected chi connectivity index (χ3v) is 6.13. The van der Waals surface area contributed by atoms with Crippen molar-refractivity contribution in [3.05, 3.63) is 81.2 Å². The molecule has 10 nitrogen and oxygen atoms in total. The number of carbonyl (C=O) groups is 3. The Morgan fingerprint density at radius 1 is 1.02 bits per heavy atom. The third-order valence-electron chi connectivity index (χ3n) is 5.88. The minimum absolute atomic E-state index is 0.137. The largest absolute Gasteiger partial charge is 0.416 e. The van der Waals surface area contributed by atoms with Gasteiger partial charge in [0.25, 0.3) is 0 Å². The van der Waals surface area contributed by atoms with Crippen LogP contribution in [0, 0.1) is 0 Å². The van der Waals surface area contributed by atoms with Crippen LogP contribution in [0.3, 0.4) is 0 Å². The van der Waals surface area contributed by atoms with Gasteiger partial charge in [0.2, 0.25) is 17.7 Å². The second-order valence-electron chi connectivity index (χ2n) is 9.56. The molecule has 1 aromatic heterocycles. The van der Waals surface area contributed by atoms with E-state index in [9.17, 15) is 45.5 Å². The van der Waals surface area contributed by atoms with Crippen molar-refractivity contribution in [2.45, 2.75) is 44.3 Å². The fourth-order valence-corrected chi connectivity index (χ4v) is 3.81. The zero-order valence-corrected chi connectivity index (χ0v) is 23.0. The molecule has 0 spiro atoms. The van der Waals surface area contributed by atoms with Crippen LogP contribution in [0.4, 0.5) is 26.3 Å². The van der Waals surface area contributed by atoms with Gasteiger partial charge in [-0.2, -0.15) is 26.3 Å². The number of benzene rings is 2. The number of allylic oxidation sites excluding steroid dienone is 1. The molecule has 0 saturated heterocycles. The summed E-state index contributed by atoms with van der Waals surface area (Å²) in [5, 5.41) is 8.45. The smallest absolute Gasteiger partial charge is 0.368 e. The molecule has 3 aromatic rings. The number of hydrogen-bond acceptors (Lipinski definition) is 5. The van der Waals surface area contributed by atoms with Gasteiger partial charge < -0.3 is 16.4 Å². The summed E-state index contributed by atoms with van der Waals surface area (Å²) in [7, 11) is 0. The first-order chi connectivity index (χ1) is 19.8. The SMILES string of the molecule is CC(C)(NC(=O)C(NC(=O)Cn1nc(-c2ccc(Cl)cc2)n(C=CC(F)(F)F)c1=O)c1ccccc1C(F)(F)F)C(N)=O. The van der Waals surface area contributed by atoms with Gasteiger partial charge in [-0.3, -0.25) is 14.4 Å². The van der Waals surface area contributed by atoms with Crippen molar-refractivity contribution >= 4 is 35.5 Å². The van der Waals surface area contributed by atoms with Gasteiger partial charge in [0.1, 0.15) is 18.1 Å². The number of nitrogens with two attached hydrogens (primary N) is 1. The van der Waals surface area contributed by atoms with Crippen LogP contribution >= 0.6 is 11.6 Å². The molecule has 0 fully saturated rings. The highest BCUT2D eigenvalue weighted by Gasteiger charge is 2.39. The van der Waals surface area contributed by atoms with E-state index >= 15 is 0 Å². The molecule has 1 atom stereocenters. The van der Waals surface area contributed by atoms with E-state index in [1.807, 2.05) is 0 Å². The molecule has 2 aromatic carbocycles. The van der Waals surface area contributed by atoms with Crippen molar-refractivity contribution in [1.29, 1.82) is 0 Å². The molecule has 0 aliphatic carbocycles. The molecule has 0 aliphatic heterocycles. The number of nitrogens with zero attached hydrogens (tertiary/aromatic N) is 3. The lowest BCUT2D eigenvalue weighted by Crippen LogP contribution is -2.56. The fraction of sp³-hybridized carbons (Fsp3) is 0.269. The molecule has 0 radical (unpaired) electrons. The molecular weight excluding hydrogens is 610 g/mol. The van der Waals surface area contributed by atoms with Crippen molar-refractivity contribution in [3.63, 3.8) is 0 Å². The predicted octanol–water partition coefficient (Wildman–Crippen LogP) is 3.65. The van der Waals surface area contributed by atoms with Crippen LogP contribution in [0.5, 0.6) is 0 Å². The van der Waals surface area contributed by atoms with Crippen molar-refractivity contribution in [2.24, 2.45) is 5.73 Å². The number of carbonyl (C=O) groups excluding carboxylic acids is 3. The number of nitrogens with one attached hydrogen (secondary N) is 2. The third kappa shape index (κ3) is 8.24. The van der Waals surface area contributed by atoms with Gasteiger partial charge in [-0.25, -0.2) is 14.0 Å². The molecule has 230 valence electrons. The molecule has 1 unspecified atom stereocenters. The summed E-state index contributed by atoms with van der Waals surface area (Å²) < 4.78 is 81.0. The van der Waals surface area contributed by atoms with Crippen molar-refractivity contribution in [1.82, 2.24) is 25.0 Å². The van der Waals surface area contributed by atoms with Gasteiger partial charge in [0.05, 0.1) is 5.56 Å². The molecular formula is C26H23ClF6N6O4. The maximum atomic E-state index is 13.8. The first kappa shape index (κ1) is 32.9. The van der Waals surface area contributed by atoms with Crippen molar-refractivity contribution in [2.75, 3.05) is 0 Å². The molecule has 17 heteroatoms. The first-order valence-electron chi connectivity index (χ1n) is 12.1. The highest BCUT2D eigenvalue weighted by molar-refractivity contribution is 6.30.